The summed E-state index contributed by atoms with van der Waals surface area (Å²) in [5.74, 6) is -0.832. The Labute approximate surface area is 169 Å². The molecule has 9 heteroatoms. The van der Waals surface area contributed by atoms with Crippen molar-refractivity contribution in [1.29, 1.82) is 0 Å². The summed E-state index contributed by atoms with van der Waals surface area (Å²) in [6.45, 7) is -0.427. The van der Waals surface area contributed by atoms with Crippen LogP contribution in [0.2, 0.25) is 0 Å². The topological polar surface area (TPSA) is 70.7 Å². The van der Waals surface area contributed by atoms with Crippen molar-refractivity contribution in [1.82, 2.24) is 15.5 Å². The van der Waals surface area contributed by atoms with Crippen LogP contribution in [-0.2, 0) is 4.79 Å². The minimum absolute atomic E-state index is 0. The number of nitrogens with one attached hydrogen (secondary N) is 2. The van der Waals surface area contributed by atoms with Crippen LogP contribution in [0, 0.1) is 5.92 Å². The fourth-order valence-electron chi connectivity index (χ4n) is 3.67. The van der Waals surface area contributed by atoms with Crippen LogP contribution >= 0.6 is 12.4 Å². The molecule has 3 rings (SSSR count). The number of para-hydroxylation sites is 1. The smallest absolute Gasteiger partial charge is 0.387 e. The molecule has 6 nitrogen and oxygen atoms in total. The fourth-order valence-corrected chi connectivity index (χ4v) is 3.67. The quantitative estimate of drug-likeness (QED) is 0.772. The predicted octanol–water partition coefficient (Wildman–Crippen LogP) is 2.43. The van der Waals surface area contributed by atoms with Crippen LogP contribution < -0.4 is 15.4 Å². The van der Waals surface area contributed by atoms with Crippen LogP contribution in [0.4, 0.5) is 8.78 Å². The van der Waals surface area contributed by atoms with E-state index in [4.69, 9.17) is 0 Å². The molecule has 2 fully saturated rings. The Morgan fingerprint density at radius 2 is 1.89 bits per heavy atom. The van der Waals surface area contributed by atoms with Crippen molar-refractivity contribution in [2.45, 2.75) is 38.3 Å². The Morgan fingerprint density at radius 3 is 2.61 bits per heavy atom. The van der Waals surface area contributed by atoms with E-state index in [0.717, 1.165) is 32.4 Å². The first-order chi connectivity index (χ1) is 13.0. The van der Waals surface area contributed by atoms with Gasteiger partial charge in [0, 0.05) is 19.1 Å². The number of amides is 2. The molecule has 0 saturated carbocycles. The van der Waals surface area contributed by atoms with Gasteiger partial charge >= 0.3 is 6.61 Å². The molecule has 156 valence electrons. The number of nitrogens with zero attached hydrogens (tertiary/aromatic N) is 1. The van der Waals surface area contributed by atoms with Gasteiger partial charge in [0.15, 0.2) is 0 Å². The molecule has 2 heterocycles. The van der Waals surface area contributed by atoms with E-state index in [-0.39, 0.29) is 47.5 Å². The third-order valence-corrected chi connectivity index (χ3v) is 5.10. The van der Waals surface area contributed by atoms with Crippen molar-refractivity contribution in [3.05, 3.63) is 29.8 Å². The first-order valence-electron chi connectivity index (χ1n) is 9.39. The Hall–Kier alpha value is -1.93. The van der Waals surface area contributed by atoms with E-state index in [1.54, 1.807) is 17.0 Å². The van der Waals surface area contributed by atoms with Crippen molar-refractivity contribution in [2.75, 3.05) is 26.2 Å². The molecule has 0 aliphatic carbocycles. The van der Waals surface area contributed by atoms with Gasteiger partial charge in [-0.05, 0) is 50.9 Å². The van der Waals surface area contributed by atoms with E-state index in [9.17, 15) is 18.4 Å². The summed E-state index contributed by atoms with van der Waals surface area (Å²) in [6.07, 6.45) is 3.22. The van der Waals surface area contributed by atoms with E-state index in [2.05, 4.69) is 15.4 Å². The lowest BCUT2D eigenvalue weighted by molar-refractivity contribution is -0.127. The average molecular weight is 418 g/mol. The zero-order valence-corrected chi connectivity index (χ0v) is 16.4. The third kappa shape index (κ3) is 5.78. The van der Waals surface area contributed by atoms with Crippen LogP contribution in [0.1, 0.15) is 36.0 Å². The minimum atomic E-state index is -3.00. The van der Waals surface area contributed by atoms with Gasteiger partial charge in [-0.15, -0.1) is 12.4 Å². The fraction of sp³-hybridized carbons (Fsp3) is 0.579. The van der Waals surface area contributed by atoms with E-state index >= 15 is 0 Å². The van der Waals surface area contributed by atoms with Crippen molar-refractivity contribution in [3.63, 3.8) is 0 Å². The molecule has 0 aromatic heterocycles. The molecule has 1 aromatic carbocycles. The zero-order chi connectivity index (χ0) is 19.2. The van der Waals surface area contributed by atoms with Gasteiger partial charge in [-0.3, -0.25) is 9.59 Å². The molecule has 2 aliphatic heterocycles. The zero-order valence-electron chi connectivity index (χ0n) is 15.5. The molecule has 1 atom stereocenters. The van der Waals surface area contributed by atoms with Gasteiger partial charge in [0.1, 0.15) is 5.75 Å². The Balaban J connectivity index is 0.00000280. The number of piperidine rings is 2. The van der Waals surface area contributed by atoms with E-state index in [1.807, 2.05) is 0 Å². The molecule has 0 spiro atoms. The average Bonchev–Trinajstić information content (AvgIpc) is 2.68. The number of alkyl halides is 2. The van der Waals surface area contributed by atoms with Gasteiger partial charge in [0.2, 0.25) is 5.91 Å². The number of rotatable bonds is 5. The SMILES string of the molecule is Cl.O=C(NC1CCNCC1)C1CCCN(C(=O)c2ccccc2OC(F)F)C1. The summed E-state index contributed by atoms with van der Waals surface area (Å²) in [5.41, 5.74) is 0.0946. The van der Waals surface area contributed by atoms with Gasteiger partial charge in [-0.2, -0.15) is 8.78 Å². The van der Waals surface area contributed by atoms with Crippen molar-refractivity contribution in [3.8, 4) is 5.75 Å². The third-order valence-electron chi connectivity index (χ3n) is 5.10. The van der Waals surface area contributed by atoms with Gasteiger partial charge in [-0.1, -0.05) is 12.1 Å². The van der Waals surface area contributed by atoms with Crippen LogP contribution in [0.3, 0.4) is 0 Å². The summed E-state index contributed by atoms with van der Waals surface area (Å²) in [6, 6.07) is 6.14. The maximum atomic E-state index is 12.8. The van der Waals surface area contributed by atoms with E-state index in [0.29, 0.717) is 19.5 Å². The number of hydrogen-bond donors (Lipinski definition) is 2. The molecule has 2 saturated heterocycles. The molecule has 0 radical (unpaired) electrons. The van der Waals surface area contributed by atoms with E-state index < -0.39 is 6.61 Å². The number of halogens is 3. The number of carbonyl (C=O) groups is 2. The van der Waals surface area contributed by atoms with Crippen LogP contribution in [-0.4, -0.2) is 55.5 Å². The highest BCUT2D eigenvalue weighted by atomic mass is 35.5. The standard InChI is InChI=1S/C19H25F2N3O3.ClH/c20-19(21)27-16-6-2-1-5-15(16)18(26)24-11-3-4-13(12-24)17(25)23-14-7-9-22-10-8-14;/h1-2,5-6,13-14,19,22H,3-4,7-12H2,(H,23,25);1H. The molecule has 28 heavy (non-hydrogen) atoms. The normalized spacial score (nSPS) is 20.4. The summed E-state index contributed by atoms with van der Waals surface area (Å²) < 4.78 is 29.7. The Morgan fingerprint density at radius 1 is 1.18 bits per heavy atom. The molecule has 2 aliphatic rings. The largest absolute Gasteiger partial charge is 0.434 e. The lowest BCUT2D eigenvalue weighted by Gasteiger charge is -2.33. The molecule has 1 unspecified atom stereocenters. The molecular formula is C19H26ClF2N3O3. The summed E-state index contributed by atoms with van der Waals surface area (Å²) in [7, 11) is 0. The highest BCUT2D eigenvalue weighted by Gasteiger charge is 2.31. The predicted molar refractivity (Wildman–Crippen MR) is 103 cm³/mol. The van der Waals surface area contributed by atoms with Crippen molar-refractivity contribution in [2.24, 2.45) is 5.92 Å². The monoisotopic (exact) mass is 417 g/mol. The van der Waals surface area contributed by atoms with Gasteiger partial charge in [0.05, 0.1) is 11.5 Å². The lowest BCUT2D eigenvalue weighted by atomic mass is 9.95. The molecule has 1 aromatic rings. The number of ether oxygens (including phenoxy) is 1. The molecule has 0 bridgehead atoms. The van der Waals surface area contributed by atoms with Crippen LogP contribution in [0.15, 0.2) is 24.3 Å². The number of hydrogen-bond acceptors (Lipinski definition) is 4. The van der Waals surface area contributed by atoms with Gasteiger partial charge in [-0.25, -0.2) is 0 Å². The first kappa shape index (κ1) is 22.4. The minimum Gasteiger partial charge on any atom is -0.434 e. The lowest BCUT2D eigenvalue weighted by Crippen LogP contribution is -2.49. The molecule has 2 amide bonds. The van der Waals surface area contributed by atoms with Gasteiger partial charge < -0.3 is 20.3 Å². The summed E-state index contributed by atoms with van der Waals surface area (Å²) in [4.78, 5) is 27.0. The van der Waals surface area contributed by atoms with Crippen LogP contribution in [0.25, 0.3) is 0 Å². The second-order valence-electron chi connectivity index (χ2n) is 7.00. The summed E-state index contributed by atoms with van der Waals surface area (Å²) in [5, 5.41) is 6.34. The Bertz CT molecular complexity index is 672. The maximum Gasteiger partial charge on any atom is 0.387 e. The van der Waals surface area contributed by atoms with Crippen molar-refractivity contribution < 1.29 is 23.1 Å². The molecular weight excluding hydrogens is 392 g/mol. The second kappa shape index (κ2) is 10.6. The number of likely N-dealkylation sites (tertiary alicyclic amines) is 1. The Kier molecular flexibility index (Phi) is 8.44. The van der Waals surface area contributed by atoms with Gasteiger partial charge in [0.25, 0.3) is 5.91 Å². The molecule has 2 N–H and O–H groups in total. The highest BCUT2D eigenvalue weighted by Crippen LogP contribution is 2.25. The second-order valence-corrected chi connectivity index (χ2v) is 7.00. The van der Waals surface area contributed by atoms with Crippen molar-refractivity contribution >= 4 is 24.2 Å². The number of carbonyl (C=O) groups excluding carboxylic acids is 2. The highest BCUT2D eigenvalue weighted by molar-refractivity contribution is 5.97. The first-order valence-corrected chi connectivity index (χ1v) is 9.39. The van der Waals surface area contributed by atoms with Crippen LogP contribution in [0.5, 0.6) is 5.75 Å². The van der Waals surface area contributed by atoms with E-state index in [1.165, 1.54) is 12.1 Å². The summed E-state index contributed by atoms with van der Waals surface area (Å²) >= 11 is 0. The number of benzene rings is 1. The maximum absolute atomic E-state index is 12.8.